The average molecular weight is 244 g/mol. The molecule has 1 saturated heterocycles. The highest BCUT2D eigenvalue weighted by molar-refractivity contribution is 5.87. The summed E-state index contributed by atoms with van der Waals surface area (Å²) in [5.74, 6) is -0.665. The second kappa shape index (κ2) is 4.72. The van der Waals surface area contributed by atoms with Gasteiger partial charge in [0.05, 0.1) is 0 Å². The molecule has 0 aliphatic carbocycles. The smallest absolute Gasteiger partial charge is 0.335 e. The van der Waals surface area contributed by atoms with Gasteiger partial charge in [-0.15, -0.1) is 0 Å². The van der Waals surface area contributed by atoms with Crippen LogP contribution in [0.5, 0.6) is 0 Å². The molecule has 7 heteroatoms. The van der Waals surface area contributed by atoms with E-state index in [1.54, 1.807) is 0 Å². The first kappa shape index (κ1) is 13.5. The van der Waals surface area contributed by atoms with Crippen LogP contribution in [0.1, 0.15) is 13.8 Å². The fraction of sp³-hybridized carbons (Fsp3) is 0.600. The summed E-state index contributed by atoms with van der Waals surface area (Å²) in [7, 11) is 1.34. The van der Waals surface area contributed by atoms with Gasteiger partial charge in [0.1, 0.15) is 0 Å². The van der Waals surface area contributed by atoms with E-state index in [1.165, 1.54) is 20.9 Å². The third-order valence-corrected chi connectivity index (χ3v) is 2.49. The topological polar surface area (TPSA) is 90.3 Å². The SMILES string of the molecule is C=C(C)C(=O)OC(C)N1C(=O)N(C)C(O)C1O. The van der Waals surface area contributed by atoms with E-state index in [4.69, 9.17) is 4.74 Å². The number of esters is 1. The van der Waals surface area contributed by atoms with Gasteiger partial charge < -0.3 is 14.9 Å². The second-order valence-electron chi connectivity index (χ2n) is 3.91. The molecule has 1 rings (SSSR count). The molecule has 1 aliphatic rings. The molecule has 2 amide bonds. The summed E-state index contributed by atoms with van der Waals surface area (Å²) >= 11 is 0. The van der Waals surface area contributed by atoms with Gasteiger partial charge in [0.25, 0.3) is 0 Å². The van der Waals surface area contributed by atoms with Gasteiger partial charge >= 0.3 is 12.0 Å². The van der Waals surface area contributed by atoms with Crippen molar-refractivity contribution >= 4 is 12.0 Å². The van der Waals surface area contributed by atoms with Gasteiger partial charge in [0, 0.05) is 12.6 Å². The standard InChI is InChI=1S/C10H16N2O5/c1-5(2)9(15)17-6(3)12-8(14)7(13)11(4)10(12)16/h6-8,13-14H,1H2,2-4H3. The van der Waals surface area contributed by atoms with Crippen LogP contribution in [-0.2, 0) is 9.53 Å². The van der Waals surface area contributed by atoms with Crippen LogP contribution >= 0.6 is 0 Å². The zero-order valence-electron chi connectivity index (χ0n) is 9.95. The number of likely N-dealkylation sites (N-methyl/N-ethyl adjacent to an activating group) is 1. The summed E-state index contributed by atoms with van der Waals surface area (Å²) in [5.41, 5.74) is 0.187. The molecular formula is C10H16N2O5. The summed E-state index contributed by atoms with van der Waals surface area (Å²) in [6, 6.07) is -0.619. The van der Waals surface area contributed by atoms with E-state index in [2.05, 4.69) is 6.58 Å². The zero-order chi connectivity index (χ0) is 13.3. The highest BCUT2D eigenvalue weighted by Gasteiger charge is 2.45. The minimum Gasteiger partial charge on any atom is -0.438 e. The first-order valence-electron chi connectivity index (χ1n) is 5.05. The van der Waals surface area contributed by atoms with Crippen molar-refractivity contribution in [3.8, 4) is 0 Å². The Morgan fingerprint density at radius 3 is 2.35 bits per heavy atom. The van der Waals surface area contributed by atoms with Crippen LogP contribution in [0.25, 0.3) is 0 Å². The van der Waals surface area contributed by atoms with E-state index in [1.807, 2.05) is 0 Å². The van der Waals surface area contributed by atoms with Gasteiger partial charge in [-0.1, -0.05) is 6.58 Å². The van der Waals surface area contributed by atoms with E-state index in [0.717, 1.165) is 9.80 Å². The Balaban J connectivity index is 2.76. The molecule has 1 fully saturated rings. The highest BCUT2D eigenvalue weighted by atomic mass is 16.6. The number of ether oxygens (including phenoxy) is 1. The predicted molar refractivity (Wildman–Crippen MR) is 57.4 cm³/mol. The lowest BCUT2D eigenvalue weighted by Crippen LogP contribution is -2.44. The number of carbonyl (C=O) groups excluding carboxylic acids is 2. The summed E-state index contributed by atoms with van der Waals surface area (Å²) < 4.78 is 4.90. The van der Waals surface area contributed by atoms with Crippen LogP contribution in [0.3, 0.4) is 0 Å². The summed E-state index contributed by atoms with van der Waals surface area (Å²) in [6.45, 7) is 6.30. The van der Waals surface area contributed by atoms with Crippen LogP contribution in [0.4, 0.5) is 4.79 Å². The lowest BCUT2D eigenvalue weighted by molar-refractivity contribution is -0.159. The Bertz CT molecular complexity index is 357. The van der Waals surface area contributed by atoms with Gasteiger partial charge in [-0.25, -0.2) is 9.59 Å². The zero-order valence-corrected chi connectivity index (χ0v) is 9.95. The number of nitrogens with zero attached hydrogens (tertiary/aromatic N) is 2. The fourth-order valence-electron chi connectivity index (χ4n) is 1.43. The maximum Gasteiger partial charge on any atom is 0.335 e. The highest BCUT2D eigenvalue weighted by Crippen LogP contribution is 2.21. The molecule has 3 atom stereocenters. The lowest BCUT2D eigenvalue weighted by Gasteiger charge is -2.26. The van der Waals surface area contributed by atoms with Crippen LogP contribution in [-0.4, -0.2) is 57.7 Å². The van der Waals surface area contributed by atoms with E-state index >= 15 is 0 Å². The number of hydrogen-bond acceptors (Lipinski definition) is 5. The summed E-state index contributed by atoms with van der Waals surface area (Å²) in [5, 5.41) is 19.1. The van der Waals surface area contributed by atoms with Crippen molar-refractivity contribution in [3.63, 3.8) is 0 Å². The number of aliphatic hydroxyl groups excluding tert-OH is 2. The fourth-order valence-corrected chi connectivity index (χ4v) is 1.43. The normalized spacial score (nSPS) is 26.1. The van der Waals surface area contributed by atoms with E-state index in [9.17, 15) is 19.8 Å². The molecule has 96 valence electrons. The van der Waals surface area contributed by atoms with Crippen molar-refractivity contribution in [1.82, 2.24) is 9.80 Å². The molecule has 17 heavy (non-hydrogen) atoms. The molecule has 3 unspecified atom stereocenters. The molecule has 0 bridgehead atoms. The Morgan fingerprint density at radius 1 is 1.47 bits per heavy atom. The van der Waals surface area contributed by atoms with Crippen LogP contribution in [0.15, 0.2) is 12.2 Å². The molecule has 0 aromatic carbocycles. The Kier molecular flexibility index (Phi) is 3.74. The van der Waals surface area contributed by atoms with Gasteiger partial charge in [-0.2, -0.15) is 0 Å². The molecular weight excluding hydrogens is 228 g/mol. The maximum absolute atomic E-state index is 11.6. The van der Waals surface area contributed by atoms with Crippen LogP contribution < -0.4 is 0 Å². The van der Waals surface area contributed by atoms with E-state index in [-0.39, 0.29) is 5.57 Å². The summed E-state index contributed by atoms with van der Waals surface area (Å²) in [6.07, 6.45) is -3.75. The summed E-state index contributed by atoms with van der Waals surface area (Å²) in [4.78, 5) is 24.7. The molecule has 1 aliphatic heterocycles. The Labute approximate surface area is 98.9 Å². The number of carbonyl (C=O) groups is 2. The van der Waals surface area contributed by atoms with Gasteiger partial charge in [-0.05, 0) is 13.8 Å². The van der Waals surface area contributed by atoms with Crippen LogP contribution in [0.2, 0.25) is 0 Å². The maximum atomic E-state index is 11.6. The van der Waals surface area contributed by atoms with Crippen molar-refractivity contribution in [2.24, 2.45) is 0 Å². The molecule has 0 saturated carbocycles. The number of rotatable bonds is 3. The molecule has 0 aromatic rings. The molecule has 0 spiro atoms. The number of urea groups is 1. The molecule has 7 nitrogen and oxygen atoms in total. The Hall–Kier alpha value is -1.60. The molecule has 2 N–H and O–H groups in total. The number of aliphatic hydroxyl groups is 2. The Morgan fingerprint density at radius 2 is 2.00 bits per heavy atom. The van der Waals surface area contributed by atoms with Gasteiger partial charge in [0.2, 0.25) is 0 Å². The largest absolute Gasteiger partial charge is 0.438 e. The minimum absolute atomic E-state index is 0.187. The quantitative estimate of drug-likeness (QED) is 0.514. The van der Waals surface area contributed by atoms with Crippen molar-refractivity contribution < 1.29 is 24.5 Å². The van der Waals surface area contributed by atoms with E-state index in [0.29, 0.717) is 0 Å². The third-order valence-electron chi connectivity index (χ3n) is 2.49. The molecule has 0 radical (unpaired) electrons. The lowest BCUT2D eigenvalue weighted by atomic mass is 10.3. The van der Waals surface area contributed by atoms with Crippen LogP contribution in [0, 0.1) is 0 Å². The van der Waals surface area contributed by atoms with Crippen molar-refractivity contribution in [2.45, 2.75) is 32.5 Å². The minimum atomic E-state index is -1.43. The number of hydrogen-bond donors (Lipinski definition) is 2. The van der Waals surface area contributed by atoms with Gasteiger partial charge in [0.15, 0.2) is 18.7 Å². The number of amides is 2. The molecule has 0 aromatic heterocycles. The average Bonchev–Trinajstić information content (AvgIpc) is 2.43. The third kappa shape index (κ3) is 2.40. The van der Waals surface area contributed by atoms with Crippen molar-refractivity contribution in [3.05, 3.63) is 12.2 Å². The van der Waals surface area contributed by atoms with Crippen molar-refractivity contribution in [1.29, 1.82) is 0 Å². The second-order valence-corrected chi connectivity index (χ2v) is 3.91. The first-order valence-corrected chi connectivity index (χ1v) is 5.05. The molecule has 1 heterocycles. The first-order chi connectivity index (χ1) is 7.77. The predicted octanol–water partition coefficient (Wildman–Crippen LogP) is -0.544. The monoisotopic (exact) mass is 244 g/mol. The van der Waals surface area contributed by atoms with Crippen molar-refractivity contribution in [2.75, 3.05) is 7.05 Å². The van der Waals surface area contributed by atoms with E-state index < -0.39 is 30.7 Å². The van der Waals surface area contributed by atoms with Gasteiger partial charge in [-0.3, -0.25) is 9.80 Å².